The van der Waals surface area contributed by atoms with Gasteiger partial charge in [0.05, 0.1) is 17.5 Å². The van der Waals surface area contributed by atoms with Crippen LogP contribution in [0.25, 0.3) is 10.1 Å². The molecule has 1 aliphatic rings. The number of fused-ring (bicyclic) bond motifs is 1. The second-order valence-corrected chi connectivity index (χ2v) is 8.55. The normalized spacial score (nSPS) is 27.2. The number of sulfone groups is 1. The molecule has 2 atom stereocenters. The van der Waals surface area contributed by atoms with Gasteiger partial charge in [0.1, 0.15) is 0 Å². The van der Waals surface area contributed by atoms with E-state index >= 15 is 0 Å². The molecule has 5 heteroatoms. The third-order valence-electron chi connectivity index (χ3n) is 3.56. The maximum absolute atomic E-state index is 12.0. The molecule has 3 nitrogen and oxygen atoms in total. The topological polar surface area (TPSA) is 46.2 Å². The van der Waals surface area contributed by atoms with Crippen LogP contribution in [0.4, 0.5) is 0 Å². The summed E-state index contributed by atoms with van der Waals surface area (Å²) in [5, 5.41) is 4.64. The molecule has 1 aromatic heterocycles. The summed E-state index contributed by atoms with van der Waals surface area (Å²) in [4.78, 5) is 1.12. The van der Waals surface area contributed by atoms with Crippen molar-refractivity contribution in [1.82, 2.24) is 5.32 Å². The Kier molecular flexibility index (Phi) is 3.37. The van der Waals surface area contributed by atoms with Gasteiger partial charge in [0.15, 0.2) is 9.84 Å². The molecule has 2 unspecified atom stereocenters. The second-order valence-electron chi connectivity index (χ2n) is 5.21. The average molecular weight is 295 g/mol. The molecule has 0 spiro atoms. The highest BCUT2D eigenvalue weighted by Crippen LogP contribution is 2.31. The molecule has 0 saturated carbocycles. The number of rotatable bonds is 1. The lowest BCUT2D eigenvalue weighted by molar-refractivity contribution is 0.489. The highest BCUT2D eigenvalue weighted by atomic mass is 32.2. The molecule has 2 aromatic rings. The lowest BCUT2D eigenvalue weighted by atomic mass is 10.2. The maximum Gasteiger partial charge on any atom is 0.152 e. The van der Waals surface area contributed by atoms with Crippen molar-refractivity contribution in [2.75, 3.05) is 11.5 Å². The van der Waals surface area contributed by atoms with E-state index in [0.29, 0.717) is 12.2 Å². The van der Waals surface area contributed by atoms with Crippen molar-refractivity contribution in [2.45, 2.75) is 25.4 Å². The fourth-order valence-electron chi connectivity index (χ4n) is 2.51. The van der Waals surface area contributed by atoms with Crippen molar-refractivity contribution in [3.8, 4) is 0 Å². The van der Waals surface area contributed by atoms with E-state index in [0.717, 1.165) is 4.88 Å². The first-order valence-corrected chi connectivity index (χ1v) is 9.12. The first kappa shape index (κ1) is 13.1. The van der Waals surface area contributed by atoms with Gasteiger partial charge in [0.2, 0.25) is 0 Å². The quantitative estimate of drug-likeness (QED) is 0.880. The van der Waals surface area contributed by atoms with E-state index in [-0.39, 0.29) is 17.8 Å². The van der Waals surface area contributed by atoms with Crippen molar-refractivity contribution in [1.29, 1.82) is 0 Å². The largest absolute Gasteiger partial charge is 0.306 e. The van der Waals surface area contributed by atoms with Gasteiger partial charge in [-0.3, -0.25) is 0 Å². The number of nitrogens with one attached hydrogen (secondary N) is 1. The number of hydrogen-bond acceptors (Lipinski definition) is 4. The van der Waals surface area contributed by atoms with Crippen LogP contribution in [0.15, 0.2) is 30.3 Å². The van der Waals surface area contributed by atoms with E-state index in [9.17, 15) is 8.42 Å². The van der Waals surface area contributed by atoms with E-state index in [1.54, 1.807) is 11.3 Å². The smallest absolute Gasteiger partial charge is 0.152 e. The first-order chi connectivity index (χ1) is 9.03. The van der Waals surface area contributed by atoms with Crippen LogP contribution < -0.4 is 5.32 Å². The third-order valence-corrected chi connectivity index (χ3v) is 6.48. The van der Waals surface area contributed by atoms with Crippen LogP contribution in [0.1, 0.15) is 24.3 Å². The van der Waals surface area contributed by atoms with Crippen LogP contribution >= 0.6 is 11.3 Å². The lowest BCUT2D eigenvalue weighted by Crippen LogP contribution is -2.30. The molecule has 1 saturated heterocycles. The molecule has 1 N–H and O–H groups in total. The van der Waals surface area contributed by atoms with Crippen LogP contribution in [0.2, 0.25) is 0 Å². The summed E-state index contributed by atoms with van der Waals surface area (Å²) in [6.07, 6.45) is 0.698. The number of hydrogen-bond donors (Lipinski definition) is 1. The lowest BCUT2D eigenvalue weighted by Gasteiger charge is -2.17. The van der Waals surface area contributed by atoms with Crippen LogP contribution in [0, 0.1) is 0 Å². The Hall–Kier alpha value is -0.910. The molecule has 3 rings (SSSR count). The van der Waals surface area contributed by atoms with E-state index < -0.39 is 9.84 Å². The fraction of sp³-hybridized carbons (Fsp3) is 0.429. The minimum atomic E-state index is -2.94. The molecule has 19 heavy (non-hydrogen) atoms. The Labute approximate surface area is 117 Å². The minimum absolute atomic E-state index is 0.0695. The Morgan fingerprint density at radius 2 is 2.11 bits per heavy atom. The van der Waals surface area contributed by atoms with Gasteiger partial charge >= 0.3 is 0 Å². The molecule has 0 bridgehead atoms. The highest BCUT2D eigenvalue weighted by molar-refractivity contribution is 7.91. The van der Waals surface area contributed by atoms with E-state index in [1.165, 1.54) is 10.1 Å². The van der Waals surface area contributed by atoms with Gasteiger partial charge in [-0.1, -0.05) is 18.2 Å². The van der Waals surface area contributed by atoms with Crippen molar-refractivity contribution in [3.05, 3.63) is 35.2 Å². The summed E-state index contributed by atoms with van der Waals surface area (Å²) in [6, 6.07) is 10.5. The summed E-state index contributed by atoms with van der Waals surface area (Å²) >= 11 is 1.69. The summed E-state index contributed by atoms with van der Waals surface area (Å²) < 4.78 is 25.2. The Balaban J connectivity index is 1.99. The van der Waals surface area contributed by atoms with Gasteiger partial charge in [0, 0.05) is 15.6 Å². The Morgan fingerprint density at radius 1 is 1.32 bits per heavy atom. The van der Waals surface area contributed by atoms with Gasteiger partial charge in [-0.05, 0) is 30.9 Å². The molecule has 1 fully saturated rings. The van der Waals surface area contributed by atoms with Gasteiger partial charge in [-0.25, -0.2) is 8.42 Å². The van der Waals surface area contributed by atoms with E-state index in [2.05, 4.69) is 30.4 Å². The van der Waals surface area contributed by atoms with E-state index in [1.807, 2.05) is 12.1 Å². The summed E-state index contributed by atoms with van der Waals surface area (Å²) in [7, 11) is -2.94. The van der Waals surface area contributed by atoms with Crippen LogP contribution in [0.3, 0.4) is 0 Å². The zero-order chi connectivity index (χ0) is 13.5. The van der Waals surface area contributed by atoms with Crippen LogP contribution in [-0.4, -0.2) is 26.0 Å². The zero-order valence-corrected chi connectivity index (χ0v) is 12.4. The van der Waals surface area contributed by atoms with Crippen molar-refractivity contribution >= 4 is 31.3 Å². The molecular weight excluding hydrogens is 278 g/mol. The third kappa shape index (κ3) is 2.83. The predicted molar refractivity (Wildman–Crippen MR) is 80.4 cm³/mol. The van der Waals surface area contributed by atoms with Gasteiger partial charge < -0.3 is 5.32 Å². The average Bonchev–Trinajstić information content (AvgIpc) is 2.73. The molecule has 2 heterocycles. The molecule has 1 aromatic carbocycles. The standard InChI is InChI=1S/C14H17NO2S2/c1-10-6-7-19(16,17)9-12(15-10)14-8-11-4-2-3-5-13(11)18-14/h2-5,8,10,12,15H,6-7,9H2,1H3. The van der Waals surface area contributed by atoms with Gasteiger partial charge in [-0.15, -0.1) is 11.3 Å². The minimum Gasteiger partial charge on any atom is -0.306 e. The molecule has 102 valence electrons. The highest BCUT2D eigenvalue weighted by Gasteiger charge is 2.27. The van der Waals surface area contributed by atoms with Gasteiger partial charge in [-0.2, -0.15) is 0 Å². The summed E-state index contributed by atoms with van der Waals surface area (Å²) in [5.74, 6) is 0.507. The molecular formula is C14H17NO2S2. The van der Waals surface area contributed by atoms with Crippen molar-refractivity contribution < 1.29 is 8.42 Å². The second kappa shape index (κ2) is 4.89. The summed E-state index contributed by atoms with van der Waals surface area (Å²) in [5.41, 5.74) is 0. The Morgan fingerprint density at radius 3 is 2.89 bits per heavy atom. The number of benzene rings is 1. The fourth-order valence-corrected chi connectivity index (χ4v) is 5.40. The van der Waals surface area contributed by atoms with Gasteiger partial charge in [0.25, 0.3) is 0 Å². The summed E-state index contributed by atoms with van der Waals surface area (Å²) in [6.45, 7) is 2.06. The van der Waals surface area contributed by atoms with Crippen molar-refractivity contribution in [2.24, 2.45) is 0 Å². The van der Waals surface area contributed by atoms with Crippen LogP contribution in [-0.2, 0) is 9.84 Å². The Bertz CT molecular complexity index is 657. The first-order valence-electron chi connectivity index (χ1n) is 6.48. The van der Waals surface area contributed by atoms with Crippen LogP contribution in [0.5, 0.6) is 0 Å². The number of thiophene rings is 1. The molecule has 1 aliphatic heterocycles. The maximum atomic E-state index is 12.0. The predicted octanol–water partition coefficient (Wildman–Crippen LogP) is 2.74. The molecule has 0 amide bonds. The molecule has 0 radical (unpaired) electrons. The molecule has 0 aliphatic carbocycles. The van der Waals surface area contributed by atoms with Crippen molar-refractivity contribution in [3.63, 3.8) is 0 Å². The monoisotopic (exact) mass is 295 g/mol. The zero-order valence-electron chi connectivity index (χ0n) is 10.8. The SMILES string of the molecule is CC1CCS(=O)(=O)CC(c2cc3ccccc3s2)N1. The van der Waals surface area contributed by atoms with E-state index in [4.69, 9.17) is 0 Å².